The molecule has 0 unspecified atom stereocenters. The highest BCUT2D eigenvalue weighted by atomic mass is 16.6. The number of carbonyl (C=O) groups is 1. The first-order chi connectivity index (χ1) is 10.4. The molecule has 0 fully saturated rings. The van der Waals surface area contributed by atoms with E-state index >= 15 is 0 Å². The Labute approximate surface area is 126 Å². The minimum atomic E-state index is -0.613. The zero-order valence-electron chi connectivity index (χ0n) is 12.2. The summed E-state index contributed by atoms with van der Waals surface area (Å²) in [5.41, 5.74) is 1.84. The number of nitrogens with one attached hydrogen (secondary N) is 1. The molecule has 0 saturated heterocycles. The largest absolute Gasteiger partial charge is 0.324 e. The summed E-state index contributed by atoms with van der Waals surface area (Å²) in [6.45, 7) is 3.47. The second kappa shape index (κ2) is 6.21. The highest BCUT2D eigenvalue weighted by Gasteiger charge is 2.11. The van der Waals surface area contributed by atoms with Crippen molar-refractivity contribution in [2.24, 2.45) is 0 Å². The number of amides is 1. The van der Waals surface area contributed by atoms with Crippen LogP contribution in [0.15, 0.2) is 41.3 Å². The van der Waals surface area contributed by atoms with Crippen LogP contribution in [-0.4, -0.2) is 15.4 Å². The minimum absolute atomic E-state index is 0.237. The highest BCUT2D eigenvalue weighted by Crippen LogP contribution is 2.16. The first-order valence-electron chi connectivity index (χ1n) is 6.59. The molecule has 7 nitrogen and oxygen atoms in total. The lowest BCUT2D eigenvalue weighted by Gasteiger charge is -2.10. The van der Waals surface area contributed by atoms with Crippen LogP contribution >= 0.6 is 0 Å². The molecule has 22 heavy (non-hydrogen) atoms. The van der Waals surface area contributed by atoms with Crippen molar-refractivity contribution in [3.8, 4) is 0 Å². The van der Waals surface area contributed by atoms with Gasteiger partial charge in [-0.05, 0) is 31.0 Å². The molecule has 0 aliphatic carbocycles. The fourth-order valence-corrected chi connectivity index (χ4v) is 1.97. The van der Waals surface area contributed by atoms with Crippen molar-refractivity contribution in [2.45, 2.75) is 20.4 Å². The molecule has 2 rings (SSSR count). The second-order valence-corrected chi connectivity index (χ2v) is 4.98. The summed E-state index contributed by atoms with van der Waals surface area (Å²) in [6, 6.07) is 7.81. The third kappa shape index (κ3) is 3.57. The monoisotopic (exact) mass is 301 g/mol. The molecule has 0 radical (unpaired) electrons. The third-order valence-electron chi connectivity index (χ3n) is 3.16. The van der Waals surface area contributed by atoms with Gasteiger partial charge in [-0.3, -0.25) is 24.3 Å². The van der Waals surface area contributed by atoms with E-state index in [0.29, 0.717) is 5.69 Å². The second-order valence-electron chi connectivity index (χ2n) is 4.98. The number of carbonyl (C=O) groups excluding carboxylic acids is 1. The van der Waals surface area contributed by atoms with Gasteiger partial charge in [0, 0.05) is 17.8 Å². The van der Waals surface area contributed by atoms with E-state index in [2.05, 4.69) is 5.32 Å². The van der Waals surface area contributed by atoms with Gasteiger partial charge < -0.3 is 5.32 Å². The molecule has 1 aromatic heterocycles. The number of anilines is 1. The molecule has 0 aliphatic rings. The molecule has 0 atom stereocenters. The number of nitro groups is 1. The van der Waals surface area contributed by atoms with Crippen molar-refractivity contribution >= 4 is 17.3 Å². The van der Waals surface area contributed by atoms with Gasteiger partial charge in [-0.25, -0.2) is 0 Å². The molecule has 114 valence electrons. The number of benzene rings is 1. The number of aryl methyl sites for hydroxylation is 2. The number of rotatable bonds is 4. The van der Waals surface area contributed by atoms with Crippen LogP contribution in [0.1, 0.15) is 11.1 Å². The molecule has 1 heterocycles. The summed E-state index contributed by atoms with van der Waals surface area (Å²) >= 11 is 0. The van der Waals surface area contributed by atoms with Gasteiger partial charge in [-0.2, -0.15) is 0 Å². The normalized spacial score (nSPS) is 10.3. The van der Waals surface area contributed by atoms with Crippen molar-refractivity contribution < 1.29 is 9.72 Å². The van der Waals surface area contributed by atoms with Crippen LogP contribution in [0, 0.1) is 24.0 Å². The summed E-state index contributed by atoms with van der Waals surface area (Å²) in [6.07, 6.45) is 1.06. The van der Waals surface area contributed by atoms with E-state index in [4.69, 9.17) is 0 Å². The number of aromatic nitrogens is 1. The van der Waals surface area contributed by atoms with E-state index < -0.39 is 16.4 Å². The minimum Gasteiger partial charge on any atom is -0.324 e. The van der Waals surface area contributed by atoms with Crippen molar-refractivity contribution in [1.29, 1.82) is 0 Å². The maximum atomic E-state index is 12.0. The van der Waals surface area contributed by atoms with Gasteiger partial charge in [-0.1, -0.05) is 12.1 Å². The lowest BCUT2D eigenvalue weighted by atomic mass is 10.1. The topological polar surface area (TPSA) is 94.2 Å². The van der Waals surface area contributed by atoms with Crippen LogP contribution in [0.2, 0.25) is 0 Å². The van der Waals surface area contributed by atoms with Crippen molar-refractivity contribution in [3.63, 3.8) is 0 Å². The van der Waals surface area contributed by atoms with Crippen LogP contribution < -0.4 is 10.9 Å². The number of hydrogen-bond acceptors (Lipinski definition) is 4. The zero-order chi connectivity index (χ0) is 16.3. The molecular formula is C15H15N3O4. The molecule has 0 aliphatic heterocycles. The summed E-state index contributed by atoms with van der Waals surface area (Å²) in [5.74, 6) is -0.420. The van der Waals surface area contributed by atoms with Crippen LogP contribution in [0.3, 0.4) is 0 Å². The van der Waals surface area contributed by atoms with Gasteiger partial charge in [0.2, 0.25) is 5.91 Å². The van der Waals surface area contributed by atoms with Gasteiger partial charge in [0.25, 0.3) is 11.2 Å². The van der Waals surface area contributed by atoms with Crippen LogP contribution in [0.25, 0.3) is 0 Å². The van der Waals surface area contributed by atoms with Gasteiger partial charge >= 0.3 is 0 Å². The smallest absolute Gasteiger partial charge is 0.285 e. The van der Waals surface area contributed by atoms with Crippen LogP contribution in [0.5, 0.6) is 0 Å². The highest BCUT2D eigenvalue weighted by molar-refractivity contribution is 5.91. The molecule has 1 amide bonds. The summed E-state index contributed by atoms with van der Waals surface area (Å²) in [4.78, 5) is 33.8. The number of hydrogen-bond donors (Lipinski definition) is 1. The molecule has 2 aromatic rings. The number of nitrogens with zero attached hydrogens (tertiary/aromatic N) is 2. The Kier molecular flexibility index (Phi) is 4.36. The quantitative estimate of drug-likeness (QED) is 0.690. The maximum absolute atomic E-state index is 12.0. The average molecular weight is 301 g/mol. The maximum Gasteiger partial charge on any atom is 0.285 e. The Morgan fingerprint density at radius 3 is 2.68 bits per heavy atom. The summed E-state index contributed by atoms with van der Waals surface area (Å²) in [5, 5.41) is 13.4. The third-order valence-corrected chi connectivity index (χ3v) is 3.16. The van der Waals surface area contributed by atoms with E-state index in [9.17, 15) is 19.7 Å². The Morgan fingerprint density at radius 2 is 2.00 bits per heavy atom. The Balaban J connectivity index is 2.19. The predicted molar refractivity (Wildman–Crippen MR) is 81.9 cm³/mol. The van der Waals surface area contributed by atoms with Crippen LogP contribution in [-0.2, 0) is 11.3 Å². The van der Waals surface area contributed by atoms with Gasteiger partial charge in [0.15, 0.2) is 0 Å². The lowest BCUT2D eigenvalue weighted by molar-refractivity contribution is -0.385. The first kappa shape index (κ1) is 15.4. The van der Waals surface area contributed by atoms with E-state index in [1.165, 1.54) is 0 Å². The Bertz CT molecular complexity index is 796. The molecule has 7 heteroatoms. The Hall–Kier alpha value is -2.96. The summed E-state index contributed by atoms with van der Waals surface area (Å²) < 4.78 is 1.01. The van der Waals surface area contributed by atoms with Gasteiger partial charge in [0.05, 0.1) is 11.1 Å². The van der Waals surface area contributed by atoms with Crippen molar-refractivity contribution in [3.05, 3.63) is 68.1 Å². The molecule has 0 saturated carbocycles. The summed E-state index contributed by atoms with van der Waals surface area (Å²) in [7, 11) is 0. The molecular weight excluding hydrogens is 286 g/mol. The van der Waals surface area contributed by atoms with Crippen LogP contribution in [0.4, 0.5) is 11.4 Å². The van der Waals surface area contributed by atoms with Gasteiger partial charge in [-0.15, -0.1) is 0 Å². The predicted octanol–water partition coefficient (Wildman–Crippen LogP) is 2.01. The molecule has 1 aromatic carbocycles. The van der Waals surface area contributed by atoms with E-state index in [0.717, 1.165) is 34.0 Å². The SMILES string of the molecule is Cc1ccc(C)c(NC(=O)Cn2cc([N+](=O)[O-])ccc2=O)c1. The molecule has 0 spiro atoms. The fraction of sp³-hybridized carbons (Fsp3) is 0.200. The van der Waals surface area contributed by atoms with E-state index in [1.807, 2.05) is 32.0 Å². The molecule has 0 bridgehead atoms. The lowest BCUT2D eigenvalue weighted by Crippen LogP contribution is -2.27. The van der Waals surface area contributed by atoms with Crippen molar-refractivity contribution in [2.75, 3.05) is 5.32 Å². The zero-order valence-corrected chi connectivity index (χ0v) is 12.2. The fourth-order valence-electron chi connectivity index (χ4n) is 1.97. The molecule has 1 N–H and O–H groups in total. The van der Waals surface area contributed by atoms with E-state index in [1.54, 1.807) is 0 Å². The first-order valence-corrected chi connectivity index (χ1v) is 6.59. The van der Waals surface area contributed by atoms with E-state index in [-0.39, 0.29) is 12.2 Å². The average Bonchev–Trinajstić information content (AvgIpc) is 2.45. The standard InChI is InChI=1S/C15H15N3O4/c1-10-3-4-11(2)13(7-10)16-14(19)9-17-8-12(18(21)22)5-6-15(17)20/h3-8H,9H2,1-2H3,(H,16,19). The van der Waals surface area contributed by atoms with Crippen molar-refractivity contribution in [1.82, 2.24) is 4.57 Å². The van der Waals surface area contributed by atoms with Gasteiger partial charge in [0.1, 0.15) is 6.54 Å². The Morgan fingerprint density at radius 1 is 1.27 bits per heavy atom. The number of pyridine rings is 1.